The monoisotopic (exact) mass is 436 g/mol. The van der Waals surface area contributed by atoms with Crippen molar-refractivity contribution in [2.24, 2.45) is 4.99 Å². The van der Waals surface area contributed by atoms with Crippen LogP contribution in [0.1, 0.15) is 45.1 Å². The topological polar surface area (TPSA) is 82.6 Å². The molecule has 0 radical (unpaired) electrons. The van der Waals surface area contributed by atoms with Crippen molar-refractivity contribution in [2.75, 3.05) is 13.6 Å². The SMILES string of the molecule is CN=C(NCc1ccccc1S(=O)(=O)NC(C)(C)C)NCC(C)(C)c1cccs1. The van der Waals surface area contributed by atoms with Crippen LogP contribution in [0.5, 0.6) is 0 Å². The Morgan fingerprint density at radius 1 is 1.03 bits per heavy atom. The summed E-state index contributed by atoms with van der Waals surface area (Å²) in [5.41, 5.74) is 0.0956. The van der Waals surface area contributed by atoms with E-state index in [0.717, 1.165) is 0 Å². The summed E-state index contributed by atoms with van der Waals surface area (Å²) in [6.45, 7) is 10.9. The Bertz CT molecular complexity index is 928. The molecule has 29 heavy (non-hydrogen) atoms. The highest BCUT2D eigenvalue weighted by molar-refractivity contribution is 7.89. The Hall–Kier alpha value is -1.90. The van der Waals surface area contributed by atoms with E-state index in [1.807, 2.05) is 32.9 Å². The van der Waals surface area contributed by atoms with E-state index in [-0.39, 0.29) is 10.3 Å². The van der Waals surface area contributed by atoms with E-state index >= 15 is 0 Å². The molecule has 0 atom stereocenters. The maximum atomic E-state index is 12.8. The highest BCUT2D eigenvalue weighted by Gasteiger charge is 2.25. The van der Waals surface area contributed by atoms with E-state index in [2.05, 4.69) is 51.7 Å². The van der Waals surface area contributed by atoms with Crippen LogP contribution in [0.2, 0.25) is 0 Å². The van der Waals surface area contributed by atoms with Gasteiger partial charge in [-0.15, -0.1) is 11.3 Å². The van der Waals surface area contributed by atoms with Crippen molar-refractivity contribution in [3.63, 3.8) is 0 Å². The van der Waals surface area contributed by atoms with Gasteiger partial charge in [-0.05, 0) is 43.8 Å². The lowest BCUT2D eigenvalue weighted by molar-refractivity contribution is 0.491. The van der Waals surface area contributed by atoms with Crippen molar-refractivity contribution in [1.82, 2.24) is 15.4 Å². The van der Waals surface area contributed by atoms with Gasteiger partial charge < -0.3 is 10.6 Å². The number of guanidine groups is 1. The molecule has 6 nitrogen and oxygen atoms in total. The zero-order valence-electron chi connectivity index (χ0n) is 18.0. The van der Waals surface area contributed by atoms with Gasteiger partial charge >= 0.3 is 0 Å². The molecule has 1 heterocycles. The van der Waals surface area contributed by atoms with Gasteiger partial charge in [0.25, 0.3) is 0 Å². The summed E-state index contributed by atoms with van der Waals surface area (Å²) in [5.74, 6) is 0.630. The second-order valence-electron chi connectivity index (χ2n) is 8.60. The number of sulfonamides is 1. The van der Waals surface area contributed by atoms with Gasteiger partial charge in [0.15, 0.2) is 5.96 Å². The molecular formula is C21H32N4O2S2. The average Bonchev–Trinajstić information content (AvgIpc) is 3.16. The van der Waals surface area contributed by atoms with Crippen LogP contribution < -0.4 is 15.4 Å². The van der Waals surface area contributed by atoms with Crippen molar-refractivity contribution >= 4 is 27.3 Å². The molecule has 160 valence electrons. The molecule has 3 N–H and O–H groups in total. The van der Waals surface area contributed by atoms with Crippen molar-refractivity contribution in [3.05, 3.63) is 52.2 Å². The molecule has 0 bridgehead atoms. The van der Waals surface area contributed by atoms with Crippen LogP contribution in [0.3, 0.4) is 0 Å². The van der Waals surface area contributed by atoms with E-state index in [1.165, 1.54) is 4.88 Å². The maximum absolute atomic E-state index is 12.8. The summed E-state index contributed by atoms with van der Waals surface area (Å²) in [6, 6.07) is 11.2. The fraction of sp³-hybridized carbons (Fsp3) is 0.476. The van der Waals surface area contributed by atoms with Crippen LogP contribution >= 0.6 is 11.3 Å². The van der Waals surface area contributed by atoms with Gasteiger partial charge in [-0.25, -0.2) is 13.1 Å². The van der Waals surface area contributed by atoms with Gasteiger partial charge in [-0.3, -0.25) is 4.99 Å². The first kappa shape index (κ1) is 23.4. The average molecular weight is 437 g/mol. The van der Waals surface area contributed by atoms with Crippen LogP contribution in [-0.2, 0) is 22.0 Å². The molecule has 0 aliphatic heterocycles. The fourth-order valence-electron chi connectivity index (χ4n) is 2.83. The van der Waals surface area contributed by atoms with Crippen molar-refractivity contribution in [1.29, 1.82) is 0 Å². The second-order valence-corrected chi connectivity index (χ2v) is 11.2. The maximum Gasteiger partial charge on any atom is 0.241 e. The minimum Gasteiger partial charge on any atom is -0.356 e. The summed E-state index contributed by atoms with van der Waals surface area (Å²) in [6.07, 6.45) is 0. The fourth-order valence-corrected chi connectivity index (χ4v) is 5.34. The van der Waals surface area contributed by atoms with Crippen molar-refractivity contribution in [2.45, 2.75) is 57.0 Å². The van der Waals surface area contributed by atoms with Gasteiger partial charge in [-0.1, -0.05) is 38.1 Å². The first-order chi connectivity index (χ1) is 13.4. The zero-order chi connectivity index (χ0) is 21.7. The van der Waals surface area contributed by atoms with Gasteiger partial charge in [-0.2, -0.15) is 0 Å². The molecule has 0 aliphatic rings. The number of rotatable bonds is 7. The zero-order valence-corrected chi connectivity index (χ0v) is 19.7. The smallest absolute Gasteiger partial charge is 0.241 e. The number of nitrogens with zero attached hydrogens (tertiary/aromatic N) is 1. The Labute approximate surface area is 178 Å². The lowest BCUT2D eigenvalue weighted by Gasteiger charge is -2.25. The van der Waals surface area contributed by atoms with E-state index in [9.17, 15) is 8.42 Å². The summed E-state index contributed by atoms with van der Waals surface area (Å²) >= 11 is 1.73. The summed E-state index contributed by atoms with van der Waals surface area (Å²) in [7, 11) is -1.91. The molecule has 2 rings (SSSR count). The number of thiophene rings is 1. The molecule has 0 saturated heterocycles. The third-order valence-electron chi connectivity index (χ3n) is 4.26. The number of aliphatic imine (C=N–C) groups is 1. The van der Waals surface area contributed by atoms with E-state index in [4.69, 9.17) is 0 Å². The highest BCUT2D eigenvalue weighted by Crippen LogP contribution is 2.26. The van der Waals surface area contributed by atoms with Crippen LogP contribution in [-0.4, -0.2) is 33.5 Å². The highest BCUT2D eigenvalue weighted by atomic mass is 32.2. The number of hydrogen-bond acceptors (Lipinski definition) is 4. The predicted octanol–water partition coefficient (Wildman–Crippen LogP) is 3.47. The molecule has 0 spiro atoms. The molecule has 0 fully saturated rings. The Morgan fingerprint density at radius 3 is 2.31 bits per heavy atom. The lowest BCUT2D eigenvalue weighted by Crippen LogP contribution is -2.43. The molecule has 0 unspecified atom stereocenters. The van der Waals surface area contributed by atoms with Crippen LogP contribution in [0.25, 0.3) is 0 Å². The summed E-state index contributed by atoms with van der Waals surface area (Å²) < 4.78 is 28.3. The van der Waals surface area contributed by atoms with Crippen molar-refractivity contribution < 1.29 is 8.42 Å². The normalized spacial score (nSPS) is 13.4. The quantitative estimate of drug-likeness (QED) is 0.458. The van der Waals surface area contributed by atoms with Crippen molar-refractivity contribution in [3.8, 4) is 0 Å². The Kier molecular flexibility index (Phi) is 7.48. The van der Waals surface area contributed by atoms with Gasteiger partial charge in [0.1, 0.15) is 0 Å². The standard InChI is InChI=1S/C21H32N4O2S2/c1-20(2,3)25-29(26,27)17-11-8-7-10-16(17)14-23-19(22-6)24-15-21(4,5)18-12-9-13-28-18/h7-13,25H,14-15H2,1-6H3,(H2,22,23,24). The van der Waals surface area contributed by atoms with Gasteiger partial charge in [0.2, 0.25) is 10.0 Å². The van der Waals surface area contributed by atoms with Crippen LogP contribution in [0.15, 0.2) is 51.7 Å². The van der Waals surface area contributed by atoms with E-state index in [0.29, 0.717) is 24.6 Å². The van der Waals surface area contributed by atoms with Crippen LogP contribution in [0, 0.1) is 0 Å². The molecule has 0 aliphatic carbocycles. The number of benzene rings is 1. The number of nitrogens with one attached hydrogen (secondary N) is 3. The minimum absolute atomic E-state index is 0.0380. The second kappa shape index (κ2) is 9.28. The molecule has 0 saturated carbocycles. The molecular weight excluding hydrogens is 404 g/mol. The first-order valence-corrected chi connectivity index (χ1v) is 11.9. The lowest BCUT2D eigenvalue weighted by atomic mass is 9.91. The van der Waals surface area contributed by atoms with Crippen LogP contribution in [0.4, 0.5) is 0 Å². The molecule has 2 aromatic rings. The Balaban J connectivity index is 2.07. The molecule has 1 aromatic carbocycles. The molecule has 0 amide bonds. The van der Waals surface area contributed by atoms with E-state index in [1.54, 1.807) is 30.5 Å². The Morgan fingerprint density at radius 2 is 1.72 bits per heavy atom. The van der Waals surface area contributed by atoms with Gasteiger partial charge in [0, 0.05) is 36.0 Å². The third-order valence-corrected chi connectivity index (χ3v) is 7.35. The first-order valence-electron chi connectivity index (χ1n) is 9.55. The van der Waals surface area contributed by atoms with E-state index < -0.39 is 15.6 Å². The minimum atomic E-state index is -3.62. The predicted molar refractivity (Wildman–Crippen MR) is 122 cm³/mol. The summed E-state index contributed by atoms with van der Waals surface area (Å²) in [5, 5.41) is 8.65. The molecule has 1 aromatic heterocycles. The number of hydrogen-bond donors (Lipinski definition) is 3. The van der Waals surface area contributed by atoms with Gasteiger partial charge in [0.05, 0.1) is 4.90 Å². The molecule has 8 heteroatoms. The largest absolute Gasteiger partial charge is 0.356 e. The third kappa shape index (κ3) is 6.83. The summed E-state index contributed by atoms with van der Waals surface area (Å²) in [4.78, 5) is 5.84.